The van der Waals surface area contributed by atoms with Crippen molar-refractivity contribution in [1.82, 2.24) is 15.1 Å². The van der Waals surface area contributed by atoms with Gasteiger partial charge in [0, 0.05) is 27.2 Å². The molecule has 1 N–H and O–H groups in total. The average Bonchev–Trinajstić information content (AvgIpc) is 3.57. The molecule has 10 nitrogen and oxygen atoms in total. The lowest BCUT2D eigenvalue weighted by atomic mass is 10.00. The minimum Gasteiger partial charge on any atom is -0.382 e. The van der Waals surface area contributed by atoms with Crippen LogP contribution in [0.2, 0.25) is 10.0 Å². The van der Waals surface area contributed by atoms with Gasteiger partial charge in [-0.3, -0.25) is 9.59 Å². The van der Waals surface area contributed by atoms with E-state index in [2.05, 4.69) is 10.2 Å². The van der Waals surface area contributed by atoms with Gasteiger partial charge >= 0.3 is 0 Å². The molecule has 1 heterocycles. The van der Waals surface area contributed by atoms with E-state index < -0.39 is 0 Å². The van der Waals surface area contributed by atoms with E-state index in [1.807, 2.05) is 42.3 Å². The van der Waals surface area contributed by atoms with Crippen LogP contribution >= 0.6 is 23.2 Å². The zero-order valence-electron chi connectivity index (χ0n) is 27.1. The van der Waals surface area contributed by atoms with Crippen molar-refractivity contribution in [3.05, 3.63) is 69.2 Å². The molecule has 0 aliphatic carbocycles. The van der Waals surface area contributed by atoms with Gasteiger partial charge in [-0.15, -0.1) is 0 Å². The molecule has 1 fully saturated rings. The van der Waals surface area contributed by atoms with Crippen molar-refractivity contribution in [2.75, 3.05) is 99.8 Å². The number of ether oxygens (including phenoxy) is 5. The highest BCUT2D eigenvalue weighted by Gasteiger charge is 2.26. The molecule has 256 valence electrons. The largest absolute Gasteiger partial charge is 0.382 e. The van der Waals surface area contributed by atoms with Crippen LogP contribution in [-0.4, -0.2) is 121 Å². The quantitative estimate of drug-likeness (QED) is 0.174. The first kappa shape index (κ1) is 38.2. The summed E-state index contributed by atoms with van der Waals surface area (Å²) in [5.41, 5.74) is 2.71. The third-order valence-electron chi connectivity index (χ3n) is 7.65. The van der Waals surface area contributed by atoms with Crippen LogP contribution < -0.4 is 5.32 Å². The van der Waals surface area contributed by atoms with Gasteiger partial charge in [0.15, 0.2) is 0 Å². The molecule has 2 aromatic carbocycles. The van der Waals surface area contributed by atoms with E-state index in [4.69, 9.17) is 46.9 Å². The SMILES string of the molecule is COCCOCCOCCOCCOCCNC(=O)Cc1cccc([C@@H](CN2CCCC2)N(C)C(=O)Cc2ccc(Cl)c(Cl)c2)c1. The van der Waals surface area contributed by atoms with E-state index in [0.29, 0.717) is 76.1 Å². The second-order valence-electron chi connectivity index (χ2n) is 11.2. The molecule has 0 bridgehead atoms. The maximum atomic E-state index is 13.4. The molecule has 0 aromatic heterocycles. The van der Waals surface area contributed by atoms with Crippen LogP contribution in [0.5, 0.6) is 0 Å². The molecule has 0 spiro atoms. The van der Waals surface area contributed by atoms with E-state index in [0.717, 1.165) is 49.2 Å². The molecule has 1 aliphatic heterocycles. The Morgan fingerprint density at radius 3 is 2.04 bits per heavy atom. The van der Waals surface area contributed by atoms with Crippen LogP contribution in [0.1, 0.15) is 35.6 Å². The van der Waals surface area contributed by atoms with Crippen molar-refractivity contribution >= 4 is 35.0 Å². The van der Waals surface area contributed by atoms with Gasteiger partial charge < -0.3 is 38.8 Å². The summed E-state index contributed by atoms with van der Waals surface area (Å²) < 4.78 is 26.7. The Balaban J connectivity index is 1.39. The highest BCUT2D eigenvalue weighted by Crippen LogP contribution is 2.26. The monoisotopic (exact) mass is 681 g/mol. The number of likely N-dealkylation sites (N-methyl/N-ethyl adjacent to an activating group) is 1. The number of hydrogen-bond acceptors (Lipinski definition) is 8. The zero-order chi connectivity index (χ0) is 33.0. The summed E-state index contributed by atoms with van der Waals surface area (Å²) in [7, 11) is 3.49. The molecule has 0 unspecified atom stereocenters. The van der Waals surface area contributed by atoms with Crippen LogP contribution in [-0.2, 0) is 46.1 Å². The van der Waals surface area contributed by atoms with Gasteiger partial charge in [0.05, 0.1) is 88.4 Å². The van der Waals surface area contributed by atoms with Crippen LogP contribution in [0.25, 0.3) is 0 Å². The number of carbonyl (C=O) groups is 2. The summed E-state index contributed by atoms with van der Waals surface area (Å²) in [4.78, 5) is 30.3. The van der Waals surface area contributed by atoms with E-state index in [9.17, 15) is 9.59 Å². The Bertz CT molecular complexity index is 1180. The maximum absolute atomic E-state index is 13.4. The first-order chi connectivity index (χ1) is 22.4. The lowest BCUT2D eigenvalue weighted by Gasteiger charge is -2.32. The van der Waals surface area contributed by atoms with Gasteiger partial charge in [-0.25, -0.2) is 0 Å². The summed E-state index contributed by atoms with van der Waals surface area (Å²) in [6, 6.07) is 13.1. The van der Waals surface area contributed by atoms with Crippen molar-refractivity contribution in [1.29, 1.82) is 0 Å². The van der Waals surface area contributed by atoms with Gasteiger partial charge in [0.1, 0.15) is 0 Å². The van der Waals surface area contributed by atoms with Crippen LogP contribution in [0, 0.1) is 0 Å². The van der Waals surface area contributed by atoms with Crippen molar-refractivity contribution in [2.24, 2.45) is 0 Å². The topological polar surface area (TPSA) is 98.8 Å². The summed E-state index contributed by atoms with van der Waals surface area (Å²) in [6.45, 7) is 7.63. The maximum Gasteiger partial charge on any atom is 0.227 e. The van der Waals surface area contributed by atoms with Crippen LogP contribution in [0.4, 0.5) is 0 Å². The predicted octanol–water partition coefficient (Wildman–Crippen LogP) is 4.20. The Morgan fingerprint density at radius 2 is 1.41 bits per heavy atom. The van der Waals surface area contributed by atoms with E-state index in [-0.39, 0.29) is 30.7 Å². The van der Waals surface area contributed by atoms with Crippen molar-refractivity contribution in [3.63, 3.8) is 0 Å². The predicted molar refractivity (Wildman–Crippen MR) is 180 cm³/mol. The van der Waals surface area contributed by atoms with Gasteiger partial charge in [-0.2, -0.15) is 0 Å². The van der Waals surface area contributed by atoms with E-state index >= 15 is 0 Å². The molecule has 2 amide bonds. The molecule has 3 rings (SSSR count). The molecule has 46 heavy (non-hydrogen) atoms. The van der Waals surface area contributed by atoms with Crippen molar-refractivity contribution in [3.8, 4) is 0 Å². The first-order valence-electron chi connectivity index (χ1n) is 15.9. The van der Waals surface area contributed by atoms with Crippen LogP contribution in [0.15, 0.2) is 42.5 Å². The fraction of sp³-hybridized carbons (Fsp3) is 0.588. The molecule has 12 heteroatoms. The van der Waals surface area contributed by atoms with Gasteiger partial charge in [0.25, 0.3) is 0 Å². The smallest absolute Gasteiger partial charge is 0.227 e. The van der Waals surface area contributed by atoms with Gasteiger partial charge in [-0.1, -0.05) is 53.5 Å². The minimum absolute atomic E-state index is 0.0102. The molecule has 0 saturated carbocycles. The van der Waals surface area contributed by atoms with Crippen molar-refractivity contribution < 1.29 is 33.3 Å². The number of rotatable bonds is 23. The first-order valence-corrected chi connectivity index (χ1v) is 16.7. The molecule has 1 atom stereocenters. The number of amides is 2. The minimum atomic E-state index is -0.154. The van der Waals surface area contributed by atoms with E-state index in [1.54, 1.807) is 19.2 Å². The zero-order valence-corrected chi connectivity index (χ0v) is 28.7. The highest BCUT2D eigenvalue weighted by molar-refractivity contribution is 6.42. The molecule has 1 saturated heterocycles. The number of likely N-dealkylation sites (tertiary alicyclic amines) is 1. The molecule has 0 radical (unpaired) electrons. The summed E-state index contributed by atoms with van der Waals surface area (Å²) in [6.07, 6.45) is 2.78. The Labute approximate surface area is 283 Å². The van der Waals surface area contributed by atoms with Gasteiger partial charge in [0.2, 0.25) is 11.8 Å². The number of hydrogen-bond donors (Lipinski definition) is 1. The number of nitrogens with zero attached hydrogens (tertiary/aromatic N) is 2. The Morgan fingerprint density at radius 1 is 0.804 bits per heavy atom. The number of carbonyl (C=O) groups excluding carboxylic acids is 2. The third-order valence-corrected chi connectivity index (χ3v) is 8.39. The lowest BCUT2D eigenvalue weighted by Crippen LogP contribution is -2.39. The number of halogens is 2. The average molecular weight is 683 g/mol. The number of methoxy groups -OCH3 is 1. The fourth-order valence-corrected chi connectivity index (χ4v) is 5.43. The normalized spacial score (nSPS) is 14.0. The molecular formula is C34H49Cl2N3O7. The summed E-state index contributed by atoms with van der Waals surface area (Å²) in [5.74, 6) is -0.0931. The molecular weight excluding hydrogens is 633 g/mol. The lowest BCUT2D eigenvalue weighted by molar-refractivity contribution is -0.131. The second-order valence-corrected chi connectivity index (χ2v) is 12.0. The Kier molecular flexibility index (Phi) is 18.5. The third kappa shape index (κ3) is 14.6. The molecule has 1 aliphatic rings. The number of nitrogens with one attached hydrogen (secondary N) is 1. The highest BCUT2D eigenvalue weighted by atomic mass is 35.5. The van der Waals surface area contributed by atoms with Crippen LogP contribution in [0.3, 0.4) is 0 Å². The standard InChI is InChI=1S/C34H49Cl2N3O7/c1-38(34(41)25-28-8-9-30(35)31(36)23-28)32(26-39-11-3-4-12-39)29-7-5-6-27(22-29)24-33(40)37-10-13-43-16-17-45-20-21-46-19-18-44-15-14-42-2/h5-9,22-23,32H,3-4,10-21,24-26H2,1-2H3,(H,37,40)/t32-/m1/s1. The fourth-order valence-electron chi connectivity index (χ4n) is 5.11. The van der Waals surface area contributed by atoms with Crippen molar-refractivity contribution in [2.45, 2.75) is 31.7 Å². The van der Waals surface area contributed by atoms with Gasteiger partial charge in [-0.05, 0) is 54.8 Å². The Hall–Kier alpha value is -2.28. The molecule has 2 aromatic rings. The summed E-state index contributed by atoms with van der Waals surface area (Å²) >= 11 is 12.2. The second kappa shape index (κ2) is 22.3. The van der Waals surface area contributed by atoms with E-state index in [1.165, 1.54) is 0 Å². The summed E-state index contributed by atoms with van der Waals surface area (Å²) in [5, 5.41) is 3.82. The number of benzene rings is 2.